The molecule has 0 aromatic heterocycles. The smallest absolute Gasteiger partial charge is 0.320 e. The molecule has 0 aromatic rings. The third kappa shape index (κ3) is 5.63. The predicted octanol–water partition coefficient (Wildman–Crippen LogP) is 3.50. The topological polar surface area (TPSA) is 30.0 Å². The van der Waals surface area contributed by atoms with Crippen LogP contribution >= 0.6 is 0 Å². The summed E-state index contributed by atoms with van der Waals surface area (Å²) in [7, 11) is 0. The van der Waals surface area contributed by atoms with Crippen LogP contribution in [-0.4, -0.2) is 91.1 Å². The largest absolute Gasteiger partial charge is 0.322 e. The molecule has 4 aliphatic rings. The first-order chi connectivity index (χ1) is 13.8. The summed E-state index contributed by atoms with van der Waals surface area (Å²) in [6.07, 6.45) is 14.3. The van der Waals surface area contributed by atoms with Crippen molar-refractivity contribution < 1.29 is 4.79 Å². The maximum absolute atomic E-state index is 13.0. The first-order valence-corrected chi connectivity index (χ1v) is 12.3. The van der Waals surface area contributed by atoms with E-state index in [1.54, 1.807) is 0 Å². The van der Waals surface area contributed by atoms with E-state index in [0.717, 1.165) is 64.2 Å². The van der Waals surface area contributed by atoms with E-state index in [-0.39, 0.29) is 0 Å². The molecule has 28 heavy (non-hydrogen) atoms. The van der Waals surface area contributed by atoms with Crippen LogP contribution < -0.4 is 0 Å². The number of piperazine rings is 2. The maximum Gasteiger partial charge on any atom is 0.320 e. The van der Waals surface area contributed by atoms with Crippen molar-refractivity contribution in [2.75, 3.05) is 65.4 Å². The monoisotopic (exact) mass is 390 g/mol. The zero-order chi connectivity index (χ0) is 19.2. The molecule has 5 nitrogen and oxygen atoms in total. The Hall–Kier alpha value is -0.810. The van der Waals surface area contributed by atoms with E-state index in [4.69, 9.17) is 0 Å². The van der Waals surface area contributed by atoms with E-state index < -0.39 is 0 Å². The molecule has 2 saturated heterocycles. The molecule has 0 N–H and O–H groups in total. The van der Waals surface area contributed by atoms with Gasteiger partial charge in [-0.2, -0.15) is 0 Å². The van der Waals surface area contributed by atoms with Crippen molar-refractivity contribution in [1.29, 1.82) is 0 Å². The van der Waals surface area contributed by atoms with Crippen LogP contribution in [0.25, 0.3) is 0 Å². The molecule has 2 saturated carbocycles. The third-order valence-corrected chi connectivity index (χ3v) is 7.77. The molecule has 2 amide bonds. The summed E-state index contributed by atoms with van der Waals surface area (Å²) < 4.78 is 0. The molecule has 0 spiro atoms. The Morgan fingerprint density at radius 1 is 0.536 bits per heavy atom. The molecule has 2 heterocycles. The highest BCUT2D eigenvalue weighted by atomic mass is 16.2. The second-order valence-corrected chi connectivity index (χ2v) is 9.87. The minimum Gasteiger partial charge on any atom is -0.322 e. The molecule has 0 unspecified atom stereocenters. The van der Waals surface area contributed by atoms with E-state index in [2.05, 4.69) is 19.6 Å². The van der Waals surface area contributed by atoms with Gasteiger partial charge in [0.1, 0.15) is 0 Å². The zero-order valence-corrected chi connectivity index (χ0v) is 18.0. The Balaban J connectivity index is 1.14. The highest BCUT2D eigenvalue weighted by molar-refractivity contribution is 5.74. The number of carbonyl (C=O) groups excluding carboxylic acids is 1. The number of carbonyl (C=O) groups is 1. The highest BCUT2D eigenvalue weighted by Crippen LogP contribution is 2.26. The average molecular weight is 391 g/mol. The molecule has 2 aliphatic carbocycles. The van der Waals surface area contributed by atoms with Gasteiger partial charge in [-0.05, 0) is 37.5 Å². The minimum absolute atomic E-state index is 0.301. The van der Waals surface area contributed by atoms with Gasteiger partial charge in [0.15, 0.2) is 0 Å². The SMILES string of the molecule is O=C(N1CCN(CC2CCCCC2)CC1)N1CCN(CC2CCCCC2)CC1. The Labute approximate surface area is 172 Å². The van der Waals surface area contributed by atoms with Crippen molar-refractivity contribution >= 4 is 6.03 Å². The summed E-state index contributed by atoms with van der Waals surface area (Å²) in [5, 5.41) is 0. The first-order valence-electron chi connectivity index (χ1n) is 12.3. The molecule has 160 valence electrons. The van der Waals surface area contributed by atoms with Gasteiger partial charge in [0.2, 0.25) is 0 Å². The first kappa shape index (κ1) is 20.5. The van der Waals surface area contributed by atoms with Crippen LogP contribution in [0, 0.1) is 11.8 Å². The molecular weight excluding hydrogens is 348 g/mol. The fourth-order valence-corrected chi connectivity index (χ4v) is 5.91. The number of hydrogen-bond donors (Lipinski definition) is 0. The van der Waals surface area contributed by atoms with E-state index >= 15 is 0 Å². The fraction of sp³-hybridized carbons (Fsp3) is 0.957. The van der Waals surface area contributed by atoms with Crippen molar-refractivity contribution in [3.63, 3.8) is 0 Å². The van der Waals surface area contributed by atoms with E-state index in [1.807, 2.05) is 0 Å². The van der Waals surface area contributed by atoms with Crippen molar-refractivity contribution in [3.05, 3.63) is 0 Å². The Morgan fingerprint density at radius 3 is 1.25 bits per heavy atom. The Kier molecular flexibility index (Phi) is 7.52. The number of rotatable bonds is 4. The van der Waals surface area contributed by atoms with Crippen molar-refractivity contribution in [3.8, 4) is 0 Å². The van der Waals surface area contributed by atoms with E-state index in [0.29, 0.717) is 6.03 Å². The second-order valence-electron chi connectivity index (χ2n) is 9.87. The van der Waals surface area contributed by atoms with Crippen LogP contribution in [0.3, 0.4) is 0 Å². The summed E-state index contributed by atoms with van der Waals surface area (Å²) in [6.45, 7) is 10.5. The van der Waals surface area contributed by atoms with Gasteiger partial charge < -0.3 is 9.80 Å². The van der Waals surface area contributed by atoms with Crippen LogP contribution in [0.15, 0.2) is 0 Å². The Bertz CT molecular complexity index is 429. The minimum atomic E-state index is 0.301. The van der Waals surface area contributed by atoms with Crippen LogP contribution in [-0.2, 0) is 0 Å². The highest BCUT2D eigenvalue weighted by Gasteiger charge is 2.29. The summed E-state index contributed by atoms with van der Waals surface area (Å²) in [4.78, 5) is 22.4. The van der Waals surface area contributed by atoms with Gasteiger partial charge in [-0.1, -0.05) is 38.5 Å². The lowest BCUT2D eigenvalue weighted by atomic mass is 9.89. The van der Waals surface area contributed by atoms with Gasteiger partial charge in [-0.25, -0.2) is 4.79 Å². The van der Waals surface area contributed by atoms with Gasteiger partial charge in [0.05, 0.1) is 0 Å². The number of hydrogen-bond acceptors (Lipinski definition) is 3. The van der Waals surface area contributed by atoms with E-state index in [1.165, 1.54) is 77.3 Å². The lowest BCUT2D eigenvalue weighted by Crippen LogP contribution is -2.57. The summed E-state index contributed by atoms with van der Waals surface area (Å²) in [5.74, 6) is 1.82. The van der Waals surface area contributed by atoms with Crippen LogP contribution in [0.4, 0.5) is 4.79 Å². The molecule has 0 radical (unpaired) electrons. The third-order valence-electron chi connectivity index (χ3n) is 7.77. The zero-order valence-electron chi connectivity index (χ0n) is 18.0. The molecule has 0 bridgehead atoms. The standard InChI is InChI=1S/C23H42N4O/c28-23(26-15-11-24(12-16-26)19-21-7-3-1-4-8-21)27-17-13-25(14-18-27)20-22-9-5-2-6-10-22/h21-22H,1-20H2. The van der Waals surface area contributed by atoms with Crippen LogP contribution in [0.1, 0.15) is 64.2 Å². The number of amides is 2. The summed E-state index contributed by atoms with van der Waals surface area (Å²) >= 11 is 0. The molecular formula is C23H42N4O. The van der Waals surface area contributed by atoms with Crippen LogP contribution in [0.5, 0.6) is 0 Å². The fourth-order valence-electron chi connectivity index (χ4n) is 5.91. The Morgan fingerprint density at radius 2 is 0.893 bits per heavy atom. The number of urea groups is 1. The molecule has 2 aliphatic heterocycles. The quantitative estimate of drug-likeness (QED) is 0.736. The molecule has 0 aromatic carbocycles. The molecule has 4 fully saturated rings. The summed E-state index contributed by atoms with van der Waals surface area (Å²) in [6, 6.07) is 0.301. The lowest BCUT2D eigenvalue weighted by molar-refractivity contribution is 0.0781. The van der Waals surface area contributed by atoms with Gasteiger partial charge in [0, 0.05) is 65.4 Å². The van der Waals surface area contributed by atoms with Gasteiger partial charge in [0.25, 0.3) is 0 Å². The number of nitrogens with zero attached hydrogens (tertiary/aromatic N) is 4. The lowest BCUT2D eigenvalue weighted by Gasteiger charge is -2.42. The molecule has 4 rings (SSSR count). The predicted molar refractivity (Wildman–Crippen MR) is 115 cm³/mol. The van der Waals surface area contributed by atoms with Crippen molar-refractivity contribution in [2.24, 2.45) is 11.8 Å². The normalized spacial score (nSPS) is 27.3. The van der Waals surface area contributed by atoms with E-state index in [9.17, 15) is 4.79 Å². The van der Waals surface area contributed by atoms with Gasteiger partial charge in [-0.3, -0.25) is 9.80 Å². The second kappa shape index (κ2) is 10.3. The van der Waals surface area contributed by atoms with Gasteiger partial charge in [-0.15, -0.1) is 0 Å². The molecule has 0 atom stereocenters. The molecule has 5 heteroatoms. The van der Waals surface area contributed by atoms with Crippen LogP contribution in [0.2, 0.25) is 0 Å². The van der Waals surface area contributed by atoms with Crippen molar-refractivity contribution in [2.45, 2.75) is 64.2 Å². The maximum atomic E-state index is 13.0. The average Bonchev–Trinajstić information content (AvgIpc) is 2.76. The van der Waals surface area contributed by atoms with Crippen molar-refractivity contribution in [1.82, 2.24) is 19.6 Å². The summed E-state index contributed by atoms with van der Waals surface area (Å²) in [5.41, 5.74) is 0. The van der Waals surface area contributed by atoms with Gasteiger partial charge >= 0.3 is 6.03 Å².